The van der Waals surface area contributed by atoms with E-state index in [-0.39, 0.29) is 12.0 Å². The maximum Gasteiger partial charge on any atom is 0.311 e. The lowest BCUT2D eigenvalue weighted by Gasteiger charge is -2.32. The van der Waals surface area contributed by atoms with Gasteiger partial charge in [-0.3, -0.25) is 4.79 Å². The van der Waals surface area contributed by atoms with Gasteiger partial charge in [-0.25, -0.2) is 0 Å². The average Bonchev–Trinajstić information content (AvgIpc) is 2.41. The summed E-state index contributed by atoms with van der Waals surface area (Å²) in [4.78, 5) is 11.6. The molecule has 3 atom stereocenters. The van der Waals surface area contributed by atoms with Gasteiger partial charge in [-0.15, -0.1) is 0 Å². The van der Waals surface area contributed by atoms with Crippen LogP contribution in [-0.2, 0) is 9.53 Å². The molecule has 0 aliphatic heterocycles. The van der Waals surface area contributed by atoms with E-state index in [1.807, 2.05) is 24.3 Å². The molecule has 0 radical (unpaired) electrons. The van der Waals surface area contributed by atoms with E-state index in [0.29, 0.717) is 0 Å². The Morgan fingerprint density at radius 2 is 2.05 bits per heavy atom. The SMILES string of the molecule is COC1CCCC(C(C(=O)O)c2ccc(Br)cc2)C1. The highest BCUT2D eigenvalue weighted by Gasteiger charge is 2.33. The molecule has 1 aliphatic carbocycles. The molecule has 0 heterocycles. The van der Waals surface area contributed by atoms with Crippen molar-refractivity contribution < 1.29 is 14.6 Å². The van der Waals surface area contributed by atoms with E-state index in [9.17, 15) is 9.90 Å². The number of carboxylic acids is 1. The van der Waals surface area contributed by atoms with Crippen LogP contribution in [0.3, 0.4) is 0 Å². The predicted octanol–water partition coefficient (Wildman–Crippen LogP) is 3.82. The topological polar surface area (TPSA) is 46.5 Å². The Morgan fingerprint density at radius 3 is 2.63 bits per heavy atom. The highest BCUT2D eigenvalue weighted by Crippen LogP contribution is 2.37. The van der Waals surface area contributed by atoms with Crippen molar-refractivity contribution in [1.82, 2.24) is 0 Å². The van der Waals surface area contributed by atoms with Crippen LogP contribution in [0.1, 0.15) is 37.2 Å². The molecule has 3 unspecified atom stereocenters. The summed E-state index contributed by atoms with van der Waals surface area (Å²) in [6.07, 6.45) is 4.09. The van der Waals surface area contributed by atoms with Crippen LogP contribution in [-0.4, -0.2) is 24.3 Å². The van der Waals surface area contributed by atoms with Crippen molar-refractivity contribution in [3.8, 4) is 0 Å². The molecule has 0 aromatic heterocycles. The summed E-state index contributed by atoms with van der Waals surface area (Å²) in [5.74, 6) is -0.993. The smallest absolute Gasteiger partial charge is 0.311 e. The normalized spacial score (nSPS) is 24.9. The molecule has 4 heteroatoms. The van der Waals surface area contributed by atoms with Gasteiger partial charge in [-0.1, -0.05) is 34.5 Å². The van der Waals surface area contributed by atoms with Gasteiger partial charge in [0.15, 0.2) is 0 Å². The maximum atomic E-state index is 11.6. The summed E-state index contributed by atoms with van der Waals surface area (Å²) in [5.41, 5.74) is 0.887. The highest BCUT2D eigenvalue weighted by molar-refractivity contribution is 9.10. The van der Waals surface area contributed by atoms with Crippen LogP contribution in [0.4, 0.5) is 0 Å². The van der Waals surface area contributed by atoms with Crippen LogP contribution < -0.4 is 0 Å². The molecular formula is C15H19BrO3. The first-order chi connectivity index (χ1) is 9.11. The minimum Gasteiger partial charge on any atom is -0.481 e. The summed E-state index contributed by atoms with van der Waals surface area (Å²) < 4.78 is 6.38. The van der Waals surface area contributed by atoms with Crippen molar-refractivity contribution in [2.75, 3.05) is 7.11 Å². The fourth-order valence-electron chi connectivity index (χ4n) is 2.98. The Bertz CT molecular complexity index is 430. The number of hydrogen-bond donors (Lipinski definition) is 1. The van der Waals surface area contributed by atoms with Crippen molar-refractivity contribution >= 4 is 21.9 Å². The first kappa shape index (κ1) is 14.5. The second-order valence-corrected chi connectivity index (χ2v) is 6.07. The fourth-order valence-corrected chi connectivity index (χ4v) is 3.25. The summed E-state index contributed by atoms with van der Waals surface area (Å²) in [7, 11) is 1.71. The third-order valence-corrected chi connectivity index (χ3v) is 4.50. The van der Waals surface area contributed by atoms with E-state index < -0.39 is 11.9 Å². The number of halogens is 1. The molecule has 3 nitrogen and oxygen atoms in total. The van der Waals surface area contributed by atoms with Crippen molar-refractivity contribution in [3.63, 3.8) is 0 Å². The van der Waals surface area contributed by atoms with E-state index in [1.165, 1.54) is 0 Å². The van der Waals surface area contributed by atoms with Crippen molar-refractivity contribution in [3.05, 3.63) is 34.3 Å². The first-order valence-corrected chi connectivity index (χ1v) is 7.42. The number of carbonyl (C=O) groups is 1. The van der Waals surface area contributed by atoms with Gasteiger partial charge in [0.25, 0.3) is 0 Å². The number of carboxylic acid groups (broad SMARTS) is 1. The Kier molecular flexibility index (Phi) is 4.99. The minimum atomic E-state index is -0.732. The van der Waals surface area contributed by atoms with Crippen LogP contribution in [0.25, 0.3) is 0 Å². The lowest BCUT2D eigenvalue weighted by atomic mass is 9.76. The number of rotatable bonds is 4. The van der Waals surface area contributed by atoms with Gasteiger partial charge in [0.2, 0.25) is 0 Å². The molecule has 1 aliphatic rings. The predicted molar refractivity (Wildman–Crippen MR) is 77.3 cm³/mol. The van der Waals surface area contributed by atoms with Gasteiger partial charge < -0.3 is 9.84 Å². The zero-order valence-corrected chi connectivity index (χ0v) is 12.6. The molecule has 104 valence electrons. The van der Waals surface area contributed by atoms with Crippen molar-refractivity contribution in [2.24, 2.45) is 5.92 Å². The molecule has 1 fully saturated rings. The van der Waals surface area contributed by atoms with Gasteiger partial charge in [-0.05, 0) is 42.9 Å². The van der Waals surface area contributed by atoms with E-state index in [1.54, 1.807) is 7.11 Å². The number of ether oxygens (including phenoxy) is 1. The number of methoxy groups -OCH3 is 1. The van der Waals surface area contributed by atoms with Crippen LogP contribution in [0, 0.1) is 5.92 Å². The minimum absolute atomic E-state index is 0.164. The molecule has 19 heavy (non-hydrogen) atoms. The zero-order chi connectivity index (χ0) is 13.8. The van der Waals surface area contributed by atoms with Crippen LogP contribution in [0.5, 0.6) is 0 Å². The molecule has 1 aromatic carbocycles. The number of benzene rings is 1. The Hall–Kier alpha value is -0.870. The molecule has 1 saturated carbocycles. The van der Waals surface area contributed by atoms with Crippen molar-refractivity contribution in [2.45, 2.75) is 37.7 Å². The van der Waals surface area contributed by atoms with Crippen LogP contribution >= 0.6 is 15.9 Å². The van der Waals surface area contributed by atoms with Crippen LogP contribution in [0.2, 0.25) is 0 Å². The van der Waals surface area contributed by atoms with E-state index in [4.69, 9.17) is 4.74 Å². The standard InChI is InChI=1S/C15H19BrO3/c1-19-13-4-2-3-11(9-13)14(15(17)18)10-5-7-12(16)8-6-10/h5-8,11,13-14H,2-4,9H2,1H3,(H,17,18). The highest BCUT2D eigenvalue weighted by atomic mass is 79.9. The van der Waals surface area contributed by atoms with Gasteiger partial charge in [0, 0.05) is 11.6 Å². The van der Waals surface area contributed by atoms with Gasteiger partial charge in [0.1, 0.15) is 0 Å². The number of aliphatic carboxylic acids is 1. The number of hydrogen-bond acceptors (Lipinski definition) is 2. The Labute approximate surface area is 122 Å². The zero-order valence-electron chi connectivity index (χ0n) is 11.0. The third kappa shape index (κ3) is 3.57. The molecule has 1 N–H and O–H groups in total. The van der Waals surface area contributed by atoms with E-state index >= 15 is 0 Å². The van der Waals surface area contributed by atoms with Crippen LogP contribution in [0.15, 0.2) is 28.7 Å². The summed E-state index contributed by atoms with van der Waals surface area (Å²) in [6, 6.07) is 7.61. The fraction of sp³-hybridized carbons (Fsp3) is 0.533. The lowest BCUT2D eigenvalue weighted by molar-refractivity contribution is -0.141. The van der Waals surface area contributed by atoms with Gasteiger partial charge in [0.05, 0.1) is 12.0 Å². The maximum absolute atomic E-state index is 11.6. The molecule has 1 aromatic rings. The molecule has 2 rings (SSSR count). The third-order valence-electron chi connectivity index (χ3n) is 3.97. The average molecular weight is 327 g/mol. The van der Waals surface area contributed by atoms with Crippen molar-refractivity contribution in [1.29, 1.82) is 0 Å². The molecular weight excluding hydrogens is 308 g/mol. The molecule has 0 amide bonds. The largest absolute Gasteiger partial charge is 0.481 e. The summed E-state index contributed by atoms with van der Waals surface area (Å²) in [6.45, 7) is 0. The summed E-state index contributed by atoms with van der Waals surface area (Å²) >= 11 is 3.38. The Balaban J connectivity index is 2.20. The lowest BCUT2D eigenvalue weighted by Crippen LogP contribution is -2.29. The van der Waals surface area contributed by atoms with E-state index in [0.717, 1.165) is 35.7 Å². The van der Waals surface area contributed by atoms with E-state index in [2.05, 4.69) is 15.9 Å². The quantitative estimate of drug-likeness (QED) is 0.914. The molecule has 0 bridgehead atoms. The van der Waals surface area contributed by atoms with Gasteiger partial charge in [-0.2, -0.15) is 0 Å². The second-order valence-electron chi connectivity index (χ2n) is 5.15. The second kappa shape index (κ2) is 6.53. The first-order valence-electron chi connectivity index (χ1n) is 6.63. The molecule has 0 spiro atoms. The summed E-state index contributed by atoms with van der Waals surface area (Å²) in [5, 5.41) is 9.55. The monoisotopic (exact) mass is 326 g/mol. The Morgan fingerprint density at radius 1 is 1.37 bits per heavy atom. The molecule has 0 saturated heterocycles. The van der Waals surface area contributed by atoms with Gasteiger partial charge >= 0.3 is 5.97 Å².